The van der Waals surface area contributed by atoms with Gasteiger partial charge in [-0.05, 0) is 48.4 Å². The normalized spacial score (nSPS) is 18.9. The Morgan fingerprint density at radius 1 is 1.16 bits per heavy atom. The second-order valence-corrected chi connectivity index (χ2v) is 8.45. The summed E-state index contributed by atoms with van der Waals surface area (Å²) in [6, 6.07) is 13.0. The van der Waals surface area contributed by atoms with Crippen molar-refractivity contribution >= 4 is 15.8 Å². The molecule has 1 heterocycles. The van der Waals surface area contributed by atoms with Gasteiger partial charge in [-0.15, -0.1) is 0 Å². The lowest BCUT2D eigenvalue weighted by Gasteiger charge is -2.31. The molecule has 0 radical (unpaired) electrons. The number of rotatable bonds is 4. The molecule has 2 aromatic rings. The number of benzene rings is 2. The number of nitrogens with zero attached hydrogens (tertiary/aromatic N) is 1. The zero-order valence-corrected chi connectivity index (χ0v) is 15.7. The van der Waals surface area contributed by atoms with Crippen molar-refractivity contribution in [2.24, 2.45) is 0 Å². The van der Waals surface area contributed by atoms with E-state index in [1.807, 2.05) is 24.3 Å². The maximum atomic E-state index is 11.5. The Kier molecular flexibility index (Phi) is 4.29. The van der Waals surface area contributed by atoms with Crippen molar-refractivity contribution in [2.75, 3.05) is 12.0 Å². The average Bonchev–Trinajstić information content (AvgIpc) is 2.75. The van der Waals surface area contributed by atoms with E-state index in [0.717, 1.165) is 22.6 Å². The van der Waals surface area contributed by atoms with Gasteiger partial charge in [-0.25, -0.2) is 0 Å². The van der Waals surface area contributed by atoms with E-state index < -0.39 is 10.1 Å². The highest BCUT2D eigenvalue weighted by molar-refractivity contribution is 7.85. The fourth-order valence-corrected chi connectivity index (χ4v) is 3.92. The van der Waals surface area contributed by atoms with Gasteiger partial charge in [0.15, 0.2) is 0 Å². The monoisotopic (exact) mass is 361 g/mol. The van der Waals surface area contributed by atoms with Crippen LogP contribution in [-0.4, -0.2) is 26.1 Å². The Morgan fingerprint density at radius 2 is 1.80 bits per heavy atom. The molecule has 0 spiro atoms. The molecule has 1 atom stereocenters. The number of hydrogen-bond acceptors (Lipinski definition) is 4. The lowest BCUT2D eigenvalue weighted by molar-refractivity contribution is 0.414. The van der Waals surface area contributed by atoms with E-state index in [0.29, 0.717) is 6.54 Å². The van der Waals surface area contributed by atoms with Crippen molar-refractivity contribution in [2.45, 2.75) is 43.7 Å². The molecule has 25 heavy (non-hydrogen) atoms. The van der Waals surface area contributed by atoms with Gasteiger partial charge in [-0.1, -0.05) is 26.0 Å². The summed E-state index contributed by atoms with van der Waals surface area (Å²) in [7, 11) is -2.57. The lowest BCUT2D eigenvalue weighted by atomic mass is 9.81. The smallest absolute Gasteiger partial charge is 0.294 e. The SMILES string of the molecule is COc1ccc(CN2c3ccc(S(=O)(=O)O)cc3C(C)(C)C2C)cc1. The van der Waals surface area contributed by atoms with E-state index in [1.165, 1.54) is 6.07 Å². The molecule has 0 bridgehead atoms. The van der Waals surface area contributed by atoms with Gasteiger partial charge < -0.3 is 9.64 Å². The van der Waals surface area contributed by atoms with Gasteiger partial charge in [-0.3, -0.25) is 4.55 Å². The molecule has 0 saturated heterocycles. The van der Waals surface area contributed by atoms with Gasteiger partial charge in [0.25, 0.3) is 10.1 Å². The Bertz CT molecular complexity index is 888. The number of methoxy groups -OCH3 is 1. The summed E-state index contributed by atoms with van der Waals surface area (Å²) in [4.78, 5) is 2.21. The molecule has 6 heteroatoms. The summed E-state index contributed by atoms with van der Waals surface area (Å²) in [5.74, 6) is 0.816. The van der Waals surface area contributed by atoms with E-state index in [-0.39, 0.29) is 16.4 Å². The zero-order chi connectivity index (χ0) is 18.4. The molecule has 134 valence electrons. The van der Waals surface area contributed by atoms with Crippen molar-refractivity contribution in [3.8, 4) is 5.75 Å². The van der Waals surface area contributed by atoms with Crippen molar-refractivity contribution < 1.29 is 17.7 Å². The summed E-state index contributed by atoms with van der Waals surface area (Å²) in [6.45, 7) is 7.04. The summed E-state index contributed by atoms with van der Waals surface area (Å²) in [6.07, 6.45) is 0. The summed E-state index contributed by atoms with van der Waals surface area (Å²) < 4.78 is 37.5. The van der Waals surface area contributed by atoms with Gasteiger partial charge in [0.05, 0.1) is 12.0 Å². The first-order chi connectivity index (χ1) is 11.6. The largest absolute Gasteiger partial charge is 0.497 e. The maximum Gasteiger partial charge on any atom is 0.294 e. The predicted molar refractivity (Wildman–Crippen MR) is 97.9 cm³/mol. The minimum atomic E-state index is -4.21. The Hall–Kier alpha value is -2.05. The fourth-order valence-electron chi connectivity index (χ4n) is 3.42. The van der Waals surface area contributed by atoms with Crippen LogP contribution in [0.1, 0.15) is 31.9 Å². The predicted octanol–water partition coefficient (Wildman–Crippen LogP) is 3.63. The highest BCUT2D eigenvalue weighted by atomic mass is 32.2. The van der Waals surface area contributed by atoms with Gasteiger partial charge in [0, 0.05) is 23.7 Å². The third-order valence-corrected chi connectivity index (χ3v) is 6.14. The van der Waals surface area contributed by atoms with Crippen LogP contribution in [0.5, 0.6) is 5.75 Å². The summed E-state index contributed by atoms with van der Waals surface area (Å²) in [5.41, 5.74) is 2.85. The molecule has 0 aromatic heterocycles. The second kappa shape index (κ2) is 6.04. The van der Waals surface area contributed by atoms with E-state index in [1.54, 1.807) is 19.2 Å². The van der Waals surface area contributed by atoms with Gasteiger partial charge in [0.2, 0.25) is 0 Å². The highest BCUT2D eigenvalue weighted by Gasteiger charge is 2.42. The third-order valence-electron chi connectivity index (χ3n) is 5.29. The topological polar surface area (TPSA) is 66.8 Å². The zero-order valence-electron chi connectivity index (χ0n) is 14.9. The van der Waals surface area contributed by atoms with Crippen LogP contribution in [0.25, 0.3) is 0 Å². The van der Waals surface area contributed by atoms with Crippen LogP contribution in [0, 0.1) is 0 Å². The highest BCUT2D eigenvalue weighted by Crippen LogP contribution is 2.46. The molecule has 0 fully saturated rings. The number of anilines is 1. The van der Waals surface area contributed by atoms with E-state index in [9.17, 15) is 13.0 Å². The van der Waals surface area contributed by atoms with Crippen LogP contribution < -0.4 is 9.64 Å². The van der Waals surface area contributed by atoms with Crippen molar-refractivity contribution in [3.63, 3.8) is 0 Å². The molecule has 5 nitrogen and oxygen atoms in total. The van der Waals surface area contributed by atoms with Crippen molar-refractivity contribution in [1.82, 2.24) is 0 Å². The van der Waals surface area contributed by atoms with Crippen molar-refractivity contribution in [1.29, 1.82) is 0 Å². The standard InChI is InChI=1S/C19H23NO4S/c1-13-19(2,3)17-11-16(25(21,22)23)9-10-18(17)20(13)12-14-5-7-15(24-4)8-6-14/h5-11,13H,12H2,1-4H3,(H,21,22,23). The van der Waals surface area contributed by atoms with Gasteiger partial charge in [-0.2, -0.15) is 8.42 Å². The Balaban J connectivity index is 2.00. The molecule has 1 unspecified atom stereocenters. The molecule has 0 amide bonds. The Morgan fingerprint density at radius 3 is 2.36 bits per heavy atom. The van der Waals surface area contributed by atoms with Crippen LogP contribution >= 0.6 is 0 Å². The van der Waals surface area contributed by atoms with Gasteiger partial charge >= 0.3 is 0 Å². The second-order valence-electron chi connectivity index (χ2n) is 7.03. The van der Waals surface area contributed by atoms with Crippen LogP contribution in [0.15, 0.2) is 47.4 Å². The maximum absolute atomic E-state index is 11.5. The molecular weight excluding hydrogens is 338 g/mol. The Labute approximate surface area is 149 Å². The molecular formula is C19H23NO4S. The molecule has 0 saturated carbocycles. The van der Waals surface area contributed by atoms with Gasteiger partial charge in [0.1, 0.15) is 5.75 Å². The molecule has 1 aliphatic heterocycles. The average molecular weight is 361 g/mol. The summed E-state index contributed by atoms with van der Waals surface area (Å²) >= 11 is 0. The molecule has 1 aliphatic rings. The quantitative estimate of drug-likeness (QED) is 0.843. The first-order valence-electron chi connectivity index (χ1n) is 8.16. The van der Waals surface area contributed by atoms with Crippen molar-refractivity contribution in [3.05, 3.63) is 53.6 Å². The number of fused-ring (bicyclic) bond motifs is 1. The van der Waals surface area contributed by atoms with E-state index in [4.69, 9.17) is 4.74 Å². The van der Waals surface area contributed by atoms with Crippen LogP contribution in [0.4, 0.5) is 5.69 Å². The minimum Gasteiger partial charge on any atom is -0.497 e. The van der Waals surface area contributed by atoms with E-state index in [2.05, 4.69) is 25.7 Å². The van der Waals surface area contributed by atoms with E-state index >= 15 is 0 Å². The molecule has 1 N–H and O–H groups in total. The van der Waals surface area contributed by atoms with Crippen LogP contribution in [0.2, 0.25) is 0 Å². The number of hydrogen-bond donors (Lipinski definition) is 1. The van der Waals surface area contributed by atoms with Crippen LogP contribution in [-0.2, 0) is 22.1 Å². The van der Waals surface area contributed by atoms with Crippen LogP contribution in [0.3, 0.4) is 0 Å². The molecule has 0 aliphatic carbocycles. The first-order valence-corrected chi connectivity index (χ1v) is 9.60. The first kappa shape index (κ1) is 17.8. The minimum absolute atomic E-state index is 0.0576. The molecule has 2 aromatic carbocycles. The fraction of sp³-hybridized carbons (Fsp3) is 0.368. The summed E-state index contributed by atoms with van der Waals surface area (Å²) in [5, 5.41) is 0. The number of ether oxygens (including phenoxy) is 1. The lowest BCUT2D eigenvalue weighted by Crippen LogP contribution is -2.38. The molecule has 3 rings (SSSR count). The third kappa shape index (κ3) is 3.12.